The number of rotatable bonds is 4. The van der Waals surface area contributed by atoms with E-state index in [-0.39, 0.29) is 23.0 Å². The Morgan fingerprint density at radius 2 is 1.88 bits per heavy atom. The second kappa shape index (κ2) is 7.07. The Labute approximate surface area is 150 Å². The summed E-state index contributed by atoms with van der Waals surface area (Å²) in [5.41, 5.74) is 0.765. The van der Waals surface area contributed by atoms with Crippen molar-refractivity contribution in [1.82, 2.24) is 9.13 Å². The summed E-state index contributed by atoms with van der Waals surface area (Å²) < 4.78 is 16.4. The van der Waals surface area contributed by atoms with Crippen LogP contribution < -0.4 is 11.2 Å². The maximum atomic E-state index is 13.7. The third kappa shape index (κ3) is 3.35. The summed E-state index contributed by atoms with van der Waals surface area (Å²) in [5.74, 6) is -0.106. The summed E-state index contributed by atoms with van der Waals surface area (Å²) in [6.07, 6.45) is 1.42. The van der Waals surface area contributed by atoms with Crippen LogP contribution in [-0.4, -0.2) is 15.3 Å². The maximum absolute atomic E-state index is 13.7. The minimum absolute atomic E-state index is 0.257. The predicted octanol–water partition coefficient (Wildman–Crippen LogP) is 3.25. The molecule has 0 aliphatic heterocycles. The van der Waals surface area contributed by atoms with Crippen LogP contribution in [0.3, 0.4) is 0 Å². The van der Waals surface area contributed by atoms with Gasteiger partial charge in [-0.3, -0.25) is 18.9 Å². The summed E-state index contributed by atoms with van der Waals surface area (Å²) in [4.78, 5) is 29.2. The maximum Gasteiger partial charge on any atom is 0.331 e. The highest BCUT2D eigenvalue weighted by atomic mass is 19.1. The molecule has 0 N–H and O–H groups in total. The van der Waals surface area contributed by atoms with Gasteiger partial charge in [0, 0.05) is 25.4 Å². The smallest absolute Gasteiger partial charge is 0.293 e. The average Bonchev–Trinajstić information content (AvgIpc) is 2.62. The molecule has 1 heterocycles. The fraction of sp³-hybridized carbons (Fsp3) is 0.250. The number of aromatic nitrogens is 2. The van der Waals surface area contributed by atoms with Crippen LogP contribution in [0.2, 0.25) is 0 Å². The molecule has 0 saturated carbocycles. The van der Waals surface area contributed by atoms with E-state index in [9.17, 15) is 14.0 Å². The normalized spacial score (nSPS) is 11.7. The first kappa shape index (κ1) is 17.8. The highest BCUT2D eigenvalue weighted by Gasteiger charge is 2.12. The van der Waals surface area contributed by atoms with Crippen LogP contribution in [0.15, 0.2) is 57.0 Å². The monoisotopic (exact) mass is 353 g/mol. The number of halogens is 1. The highest BCUT2D eigenvalue weighted by molar-refractivity contribution is 5.85. The molecule has 3 rings (SSSR count). The predicted molar refractivity (Wildman–Crippen MR) is 102 cm³/mol. The van der Waals surface area contributed by atoms with Crippen molar-refractivity contribution in [3.63, 3.8) is 0 Å². The molecule has 0 saturated heterocycles. The number of hydrogen-bond acceptors (Lipinski definition) is 3. The topological polar surface area (TPSA) is 56.4 Å². The van der Waals surface area contributed by atoms with E-state index in [1.54, 1.807) is 41.0 Å². The molecule has 26 heavy (non-hydrogen) atoms. The van der Waals surface area contributed by atoms with Crippen LogP contribution in [0.1, 0.15) is 19.4 Å². The fourth-order valence-electron chi connectivity index (χ4n) is 2.83. The van der Waals surface area contributed by atoms with E-state index in [1.165, 1.54) is 19.3 Å². The van der Waals surface area contributed by atoms with Crippen molar-refractivity contribution in [2.24, 2.45) is 18.0 Å². The molecule has 0 atom stereocenters. The van der Waals surface area contributed by atoms with Crippen molar-refractivity contribution in [1.29, 1.82) is 0 Å². The van der Waals surface area contributed by atoms with Crippen molar-refractivity contribution < 1.29 is 4.39 Å². The molecule has 1 aromatic heterocycles. The van der Waals surface area contributed by atoms with Crippen molar-refractivity contribution in [3.8, 4) is 0 Å². The molecule has 0 fully saturated rings. The Balaban J connectivity index is 2.13. The minimum atomic E-state index is -0.368. The lowest BCUT2D eigenvalue weighted by molar-refractivity contribution is 0.502. The molecule has 5 nitrogen and oxygen atoms in total. The van der Waals surface area contributed by atoms with Gasteiger partial charge in [0.15, 0.2) is 0 Å². The first-order valence-electron chi connectivity index (χ1n) is 8.40. The number of aliphatic imine (C=N–C) groups is 1. The van der Waals surface area contributed by atoms with Gasteiger partial charge in [-0.25, -0.2) is 9.18 Å². The molecule has 0 aliphatic rings. The van der Waals surface area contributed by atoms with Crippen LogP contribution in [0.25, 0.3) is 10.9 Å². The summed E-state index contributed by atoms with van der Waals surface area (Å²) in [6.45, 7) is 4.54. The molecule has 0 unspecified atom stereocenters. The molecule has 2 aromatic carbocycles. The second-order valence-corrected chi connectivity index (χ2v) is 6.63. The third-order valence-electron chi connectivity index (χ3n) is 4.13. The lowest BCUT2D eigenvalue weighted by Crippen LogP contribution is -2.38. The average molecular weight is 353 g/mol. The number of hydrogen-bond donors (Lipinski definition) is 0. The van der Waals surface area contributed by atoms with E-state index in [1.807, 2.05) is 13.8 Å². The van der Waals surface area contributed by atoms with Crippen molar-refractivity contribution >= 4 is 22.8 Å². The Bertz CT molecular complexity index is 1110. The number of nitrogens with zero attached hydrogens (tertiary/aromatic N) is 3. The second-order valence-electron chi connectivity index (χ2n) is 6.63. The van der Waals surface area contributed by atoms with Gasteiger partial charge in [0.05, 0.1) is 16.6 Å². The molecule has 0 amide bonds. The van der Waals surface area contributed by atoms with Crippen LogP contribution in [0.4, 0.5) is 10.1 Å². The van der Waals surface area contributed by atoms with E-state index in [0.717, 1.165) is 4.57 Å². The van der Waals surface area contributed by atoms with E-state index >= 15 is 0 Å². The summed E-state index contributed by atoms with van der Waals surface area (Å²) in [5, 5.41) is 0.413. The van der Waals surface area contributed by atoms with Gasteiger partial charge in [0.2, 0.25) is 0 Å². The van der Waals surface area contributed by atoms with E-state index in [0.29, 0.717) is 28.7 Å². The summed E-state index contributed by atoms with van der Waals surface area (Å²) in [6, 6.07) is 11.4. The lowest BCUT2D eigenvalue weighted by atomic mass is 10.2. The standard InChI is InChI=1S/C20H20FN3O2/c1-13(2)12-24-18-9-8-15(10-16(18)19(25)23(3)20(24)26)22-11-14-6-4-5-7-17(14)21/h4-11,13H,12H2,1-3H3. The Hall–Kier alpha value is -3.02. The molecule has 6 heteroatoms. The van der Waals surface area contributed by atoms with Gasteiger partial charge in [0.25, 0.3) is 5.56 Å². The van der Waals surface area contributed by atoms with Crippen LogP contribution in [0.5, 0.6) is 0 Å². The van der Waals surface area contributed by atoms with Gasteiger partial charge in [-0.2, -0.15) is 0 Å². The molecule has 0 aliphatic carbocycles. The molecule has 0 spiro atoms. The van der Waals surface area contributed by atoms with Crippen LogP contribution >= 0.6 is 0 Å². The van der Waals surface area contributed by atoms with Gasteiger partial charge in [-0.15, -0.1) is 0 Å². The summed E-state index contributed by atoms with van der Waals surface area (Å²) >= 11 is 0. The highest BCUT2D eigenvalue weighted by Crippen LogP contribution is 2.19. The number of fused-ring (bicyclic) bond motifs is 1. The Morgan fingerprint density at radius 1 is 1.15 bits per heavy atom. The minimum Gasteiger partial charge on any atom is -0.293 e. The molecule has 0 bridgehead atoms. The first-order valence-corrected chi connectivity index (χ1v) is 8.40. The van der Waals surface area contributed by atoms with Crippen molar-refractivity contribution in [2.45, 2.75) is 20.4 Å². The molecule has 3 aromatic rings. The largest absolute Gasteiger partial charge is 0.331 e. The van der Waals surface area contributed by atoms with Crippen molar-refractivity contribution in [2.75, 3.05) is 0 Å². The third-order valence-corrected chi connectivity index (χ3v) is 4.13. The molecule has 0 radical (unpaired) electrons. The zero-order valence-electron chi connectivity index (χ0n) is 14.9. The van der Waals surface area contributed by atoms with Crippen LogP contribution in [-0.2, 0) is 13.6 Å². The van der Waals surface area contributed by atoms with Gasteiger partial charge in [-0.05, 0) is 30.2 Å². The Kier molecular flexibility index (Phi) is 4.84. The van der Waals surface area contributed by atoms with Gasteiger partial charge in [0.1, 0.15) is 5.82 Å². The zero-order chi connectivity index (χ0) is 18.8. The molecule has 134 valence electrons. The van der Waals surface area contributed by atoms with E-state index < -0.39 is 0 Å². The SMILES string of the molecule is CC(C)Cn1c(=O)n(C)c(=O)c2cc(N=Cc3ccccc3F)ccc21. The summed E-state index contributed by atoms with van der Waals surface area (Å²) in [7, 11) is 1.47. The van der Waals surface area contributed by atoms with Gasteiger partial charge in [-0.1, -0.05) is 32.0 Å². The quantitative estimate of drug-likeness (QED) is 0.676. The Morgan fingerprint density at radius 3 is 2.58 bits per heavy atom. The van der Waals surface area contributed by atoms with Crippen molar-refractivity contribution in [3.05, 3.63) is 74.7 Å². The van der Waals surface area contributed by atoms with E-state index in [2.05, 4.69) is 4.99 Å². The number of benzene rings is 2. The van der Waals surface area contributed by atoms with Crippen LogP contribution in [0, 0.1) is 11.7 Å². The van der Waals surface area contributed by atoms with E-state index in [4.69, 9.17) is 0 Å². The molecular formula is C20H20FN3O2. The zero-order valence-corrected chi connectivity index (χ0v) is 14.9. The lowest BCUT2D eigenvalue weighted by Gasteiger charge is -2.14. The first-order chi connectivity index (χ1) is 12.4. The fourth-order valence-corrected chi connectivity index (χ4v) is 2.83. The van der Waals surface area contributed by atoms with Gasteiger partial charge >= 0.3 is 5.69 Å². The molecular weight excluding hydrogens is 333 g/mol. The van der Waals surface area contributed by atoms with Gasteiger partial charge < -0.3 is 0 Å².